The fourth-order valence-electron chi connectivity index (χ4n) is 2.15. The molecule has 1 saturated heterocycles. The van der Waals surface area contributed by atoms with Crippen LogP contribution in [0, 0.1) is 0 Å². The van der Waals surface area contributed by atoms with E-state index in [4.69, 9.17) is 9.15 Å². The van der Waals surface area contributed by atoms with Crippen LogP contribution in [0.25, 0.3) is 11.5 Å². The average molecular weight is 288 g/mol. The van der Waals surface area contributed by atoms with E-state index in [0.29, 0.717) is 31.4 Å². The van der Waals surface area contributed by atoms with Crippen molar-refractivity contribution in [3.05, 3.63) is 30.4 Å². The molecule has 0 bridgehead atoms. The van der Waals surface area contributed by atoms with Crippen molar-refractivity contribution in [1.82, 2.24) is 20.5 Å². The Hall–Kier alpha value is -2.28. The molecule has 1 fully saturated rings. The molecule has 0 aliphatic carbocycles. The number of pyridine rings is 1. The quantitative estimate of drug-likeness (QED) is 0.881. The van der Waals surface area contributed by atoms with Gasteiger partial charge in [0.25, 0.3) is 0 Å². The number of amides is 1. The van der Waals surface area contributed by atoms with Gasteiger partial charge in [0.1, 0.15) is 6.10 Å². The van der Waals surface area contributed by atoms with Gasteiger partial charge in [0.05, 0.1) is 5.56 Å². The lowest BCUT2D eigenvalue weighted by molar-refractivity contribution is -0.130. The first-order valence-corrected chi connectivity index (χ1v) is 6.95. The third kappa shape index (κ3) is 3.43. The van der Waals surface area contributed by atoms with Crippen LogP contribution in [0.1, 0.15) is 18.7 Å². The molecule has 0 saturated carbocycles. The van der Waals surface area contributed by atoms with E-state index in [0.717, 1.165) is 18.4 Å². The van der Waals surface area contributed by atoms with E-state index in [2.05, 4.69) is 20.5 Å². The number of ether oxygens (including phenoxy) is 1. The number of nitrogens with zero attached hydrogens (tertiary/aromatic N) is 3. The molecule has 3 rings (SSSR count). The second-order valence-electron chi connectivity index (χ2n) is 4.79. The van der Waals surface area contributed by atoms with Crippen LogP contribution in [0.5, 0.6) is 0 Å². The highest BCUT2D eigenvalue weighted by Gasteiger charge is 2.23. The van der Waals surface area contributed by atoms with Gasteiger partial charge in [0, 0.05) is 32.0 Å². The third-order valence-corrected chi connectivity index (χ3v) is 3.24. The van der Waals surface area contributed by atoms with Crippen molar-refractivity contribution < 1.29 is 13.9 Å². The molecule has 21 heavy (non-hydrogen) atoms. The van der Waals surface area contributed by atoms with Gasteiger partial charge in [0.15, 0.2) is 0 Å². The minimum atomic E-state index is -0.307. The van der Waals surface area contributed by atoms with Gasteiger partial charge in [-0.25, -0.2) is 0 Å². The molecule has 110 valence electrons. The molecule has 1 atom stereocenters. The SMILES string of the molecule is O=C(NCCc1nnc(-c2cccnc2)o1)C1CCCO1. The monoisotopic (exact) mass is 288 g/mol. The summed E-state index contributed by atoms with van der Waals surface area (Å²) in [6.45, 7) is 1.11. The maximum Gasteiger partial charge on any atom is 0.249 e. The maximum absolute atomic E-state index is 11.8. The van der Waals surface area contributed by atoms with E-state index in [-0.39, 0.29) is 12.0 Å². The van der Waals surface area contributed by atoms with Gasteiger partial charge in [0.2, 0.25) is 17.7 Å². The summed E-state index contributed by atoms with van der Waals surface area (Å²) in [5.41, 5.74) is 0.777. The number of nitrogens with one attached hydrogen (secondary N) is 1. The zero-order chi connectivity index (χ0) is 14.5. The average Bonchev–Trinajstić information content (AvgIpc) is 3.20. The van der Waals surface area contributed by atoms with E-state index in [1.54, 1.807) is 18.5 Å². The predicted molar refractivity (Wildman–Crippen MR) is 73.2 cm³/mol. The Morgan fingerprint density at radius 1 is 1.43 bits per heavy atom. The van der Waals surface area contributed by atoms with E-state index in [1.807, 2.05) is 6.07 Å². The summed E-state index contributed by atoms with van der Waals surface area (Å²) in [4.78, 5) is 15.8. The van der Waals surface area contributed by atoms with Crippen LogP contribution in [0.15, 0.2) is 28.9 Å². The molecule has 1 amide bonds. The van der Waals surface area contributed by atoms with Gasteiger partial charge < -0.3 is 14.5 Å². The molecule has 3 heterocycles. The van der Waals surface area contributed by atoms with Gasteiger partial charge in [-0.15, -0.1) is 10.2 Å². The summed E-state index contributed by atoms with van der Waals surface area (Å²) >= 11 is 0. The van der Waals surface area contributed by atoms with Crippen LogP contribution in [-0.2, 0) is 16.0 Å². The first-order chi connectivity index (χ1) is 10.3. The van der Waals surface area contributed by atoms with Crippen LogP contribution in [0.3, 0.4) is 0 Å². The number of hydrogen-bond acceptors (Lipinski definition) is 6. The van der Waals surface area contributed by atoms with E-state index >= 15 is 0 Å². The van der Waals surface area contributed by atoms with Crippen LogP contribution in [-0.4, -0.2) is 40.3 Å². The minimum Gasteiger partial charge on any atom is -0.421 e. The fourth-order valence-corrected chi connectivity index (χ4v) is 2.15. The fraction of sp³-hybridized carbons (Fsp3) is 0.429. The first-order valence-electron chi connectivity index (χ1n) is 6.95. The molecule has 0 aromatic carbocycles. The molecular weight excluding hydrogens is 272 g/mol. The molecular formula is C14H16N4O3. The van der Waals surface area contributed by atoms with Crippen molar-refractivity contribution in [2.75, 3.05) is 13.2 Å². The van der Waals surface area contributed by atoms with Gasteiger partial charge in [-0.3, -0.25) is 9.78 Å². The molecule has 0 spiro atoms. The number of carbonyl (C=O) groups excluding carboxylic acids is 1. The standard InChI is InChI=1S/C14H16N4O3/c19-13(11-4-2-8-20-11)16-7-5-12-17-18-14(21-12)10-3-1-6-15-9-10/h1,3,6,9,11H,2,4-5,7-8H2,(H,16,19). The lowest BCUT2D eigenvalue weighted by atomic mass is 10.2. The van der Waals surface area contributed by atoms with E-state index < -0.39 is 0 Å². The summed E-state index contributed by atoms with van der Waals surface area (Å²) in [6.07, 6.45) is 5.26. The number of hydrogen-bond donors (Lipinski definition) is 1. The van der Waals surface area contributed by atoms with Crippen molar-refractivity contribution in [1.29, 1.82) is 0 Å². The Bertz CT molecular complexity index is 593. The van der Waals surface area contributed by atoms with Crippen molar-refractivity contribution in [3.63, 3.8) is 0 Å². The summed E-state index contributed by atoms with van der Waals surface area (Å²) in [5, 5.41) is 10.7. The Morgan fingerprint density at radius 2 is 2.38 bits per heavy atom. The lowest BCUT2D eigenvalue weighted by Gasteiger charge is -2.08. The molecule has 1 aliphatic rings. The molecule has 1 unspecified atom stereocenters. The highest BCUT2D eigenvalue weighted by molar-refractivity contribution is 5.80. The first kappa shape index (κ1) is 13.7. The summed E-state index contributed by atoms with van der Waals surface area (Å²) < 4.78 is 10.8. The van der Waals surface area contributed by atoms with Crippen molar-refractivity contribution in [2.24, 2.45) is 0 Å². The third-order valence-electron chi connectivity index (χ3n) is 3.24. The van der Waals surface area contributed by atoms with E-state index in [1.165, 1.54) is 0 Å². The molecule has 7 heteroatoms. The van der Waals surface area contributed by atoms with Crippen molar-refractivity contribution in [3.8, 4) is 11.5 Å². The Balaban J connectivity index is 1.50. The van der Waals surface area contributed by atoms with Crippen LogP contribution < -0.4 is 5.32 Å². The molecule has 0 radical (unpaired) electrons. The predicted octanol–water partition coefficient (Wildman–Crippen LogP) is 0.969. The summed E-state index contributed by atoms with van der Waals surface area (Å²) in [7, 11) is 0. The maximum atomic E-state index is 11.8. The normalized spacial score (nSPS) is 17.8. The largest absolute Gasteiger partial charge is 0.421 e. The van der Waals surface area contributed by atoms with Gasteiger partial charge in [-0.2, -0.15) is 0 Å². The van der Waals surface area contributed by atoms with Crippen molar-refractivity contribution >= 4 is 5.91 Å². The topological polar surface area (TPSA) is 90.1 Å². The lowest BCUT2D eigenvalue weighted by Crippen LogP contribution is -2.35. The molecule has 1 N–H and O–H groups in total. The number of aromatic nitrogens is 3. The molecule has 7 nitrogen and oxygen atoms in total. The highest BCUT2D eigenvalue weighted by Crippen LogP contribution is 2.16. The van der Waals surface area contributed by atoms with Gasteiger partial charge in [-0.1, -0.05) is 0 Å². The molecule has 1 aliphatic heterocycles. The zero-order valence-electron chi connectivity index (χ0n) is 11.5. The summed E-state index contributed by atoms with van der Waals surface area (Å²) in [6, 6.07) is 3.66. The number of rotatable bonds is 5. The second-order valence-corrected chi connectivity index (χ2v) is 4.79. The van der Waals surface area contributed by atoms with Gasteiger partial charge >= 0.3 is 0 Å². The van der Waals surface area contributed by atoms with Crippen LogP contribution in [0.4, 0.5) is 0 Å². The highest BCUT2D eigenvalue weighted by atomic mass is 16.5. The molecule has 2 aromatic rings. The Labute approximate surface area is 121 Å². The van der Waals surface area contributed by atoms with Crippen molar-refractivity contribution in [2.45, 2.75) is 25.4 Å². The number of carbonyl (C=O) groups is 1. The van der Waals surface area contributed by atoms with Crippen LogP contribution in [0.2, 0.25) is 0 Å². The summed E-state index contributed by atoms with van der Waals surface area (Å²) in [5.74, 6) is 0.851. The second kappa shape index (κ2) is 6.45. The Morgan fingerprint density at radius 3 is 3.14 bits per heavy atom. The zero-order valence-corrected chi connectivity index (χ0v) is 11.5. The Kier molecular flexibility index (Phi) is 4.20. The van der Waals surface area contributed by atoms with E-state index in [9.17, 15) is 4.79 Å². The smallest absolute Gasteiger partial charge is 0.249 e. The minimum absolute atomic E-state index is 0.0699. The molecule has 2 aromatic heterocycles. The van der Waals surface area contributed by atoms with Gasteiger partial charge in [-0.05, 0) is 25.0 Å². The van der Waals surface area contributed by atoms with Crippen LogP contribution >= 0.6 is 0 Å².